The Kier molecular flexibility index (Phi) is 6.98. The van der Waals surface area contributed by atoms with Gasteiger partial charge in [0.2, 0.25) is 11.9 Å². The minimum atomic E-state index is -0.516. The second kappa shape index (κ2) is 9.73. The van der Waals surface area contributed by atoms with E-state index in [1.54, 1.807) is 0 Å². The molecule has 0 bridgehead atoms. The predicted molar refractivity (Wildman–Crippen MR) is 126 cm³/mol. The topological polar surface area (TPSA) is 81.6 Å². The first kappa shape index (κ1) is 23.0. The van der Waals surface area contributed by atoms with Gasteiger partial charge in [-0.05, 0) is 35.6 Å². The first-order valence-corrected chi connectivity index (χ1v) is 11.8. The Hall–Kier alpha value is -2.22. The molecule has 1 aliphatic heterocycles. The number of amides is 1. The van der Waals surface area contributed by atoms with E-state index in [0.717, 1.165) is 16.8 Å². The van der Waals surface area contributed by atoms with Crippen molar-refractivity contribution < 1.29 is 9.90 Å². The number of aliphatic hydroxyl groups is 1. The highest BCUT2D eigenvalue weighted by Crippen LogP contribution is 2.38. The van der Waals surface area contributed by atoms with Crippen LogP contribution in [0.1, 0.15) is 62.0 Å². The number of piperazine rings is 1. The van der Waals surface area contributed by atoms with Gasteiger partial charge in [0.15, 0.2) is 0 Å². The lowest BCUT2D eigenvalue weighted by Crippen LogP contribution is -2.51. The van der Waals surface area contributed by atoms with Crippen molar-refractivity contribution in [3.05, 3.63) is 52.3 Å². The van der Waals surface area contributed by atoms with E-state index in [4.69, 9.17) is 11.6 Å². The van der Waals surface area contributed by atoms with E-state index in [2.05, 4.69) is 41.0 Å². The summed E-state index contributed by atoms with van der Waals surface area (Å²) in [6.45, 7) is 9.40. The molecule has 0 unspecified atom stereocenters. The molecule has 1 aromatic carbocycles. The van der Waals surface area contributed by atoms with Gasteiger partial charge in [0.05, 0.1) is 17.7 Å². The van der Waals surface area contributed by atoms with Crippen molar-refractivity contribution in [2.24, 2.45) is 0 Å². The molecular weight excluding hydrogens is 426 g/mol. The maximum absolute atomic E-state index is 13.4. The fourth-order valence-electron chi connectivity index (χ4n) is 4.51. The monoisotopic (exact) mass is 457 g/mol. The number of nitrogens with zero attached hydrogens (tertiary/aromatic N) is 4. The first-order chi connectivity index (χ1) is 15.3. The SMILES string of the molecule is CC(C)NC[C@@H](C(=O)N1CCN(c2ncc3c(n2)[C@H](O)C[C@H]3C)CC1)c1ccc(Cl)cc1. The Morgan fingerprint density at radius 1 is 1.22 bits per heavy atom. The van der Waals surface area contributed by atoms with Gasteiger partial charge in [0.25, 0.3) is 0 Å². The van der Waals surface area contributed by atoms with Crippen molar-refractivity contribution in [2.45, 2.75) is 51.2 Å². The molecule has 2 aliphatic rings. The summed E-state index contributed by atoms with van der Waals surface area (Å²) in [5.74, 6) is 0.792. The molecular formula is C24H32ClN5O2. The number of halogens is 1. The van der Waals surface area contributed by atoms with Gasteiger partial charge in [-0.2, -0.15) is 0 Å². The maximum Gasteiger partial charge on any atom is 0.231 e. The Morgan fingerprint density at radius 2 is 1.91 bits per heavy atom. The van der Waals surface area contributed by atoms with E-state index >= 15 is 0 Å². The van der Waals surface area contributed by atoms with E-state index in [-0.39, 0.29) is 17.7 Å². The summed E-state index contributed by atoms with van der Waals surface area (Å²) in [5, 5.41) is 14.4. The molecule has 3 atom stereocenters. The van der Waals surface area contributed by atoms with Crippen LogP contribution in [0.2, 0.25) is 5.02 Å². The third-order valence-corrected chi connectivity index (χ3v) is 6.69. The van der Waals surface area contributed by atoms with Crippen LogP contribution in [-0.4, -0.2) is 64.6 Å². The molecule has 2 heterocycles. The van der Waals surface area contributed by atoms with Gasteiger partial charge in [-0.25, -0.2) is 9.97 Å². The third kappa shape index (κ3) is 4.90. The van der Waals surface area contributed by atoms with Crippen LogP contribution >= 0.6 is 11.6 Å². The van der Waals surface area contributed by atoms with Crippen LogP contribution in [0.5, 0.6) is 0 Å². The summed E-state index contributed by atoms with van der Waals surface area (Å²) >= 11 is 6.05. The number of benzene rings is 1. The van der Waals surface area contributed by atoms with Crippen LogP contribution in [0.15, 0.2) is 30.5 Å². The van der Waals surface area contributed by atoms with Gasteiger partial charge in [0, 0.05) is 50.0 Å². The molecule has 0 spiro atoms. The quantitative estimate of drug-likeness (QED) is 0.693. The molecule has 8 heteroatoms. The summed E-state index contributed by atoms with van der Waals surface area (Å²) in [4.78, 5) is 26.7. The van der Waals surface area contributed by atoms with Gasteiger partial charge in [-0.3, -0.25) is 4.79 Å². The van der Waals surface area contributed by atoms with Crippen molar-refractivity contribution in [2.75, 3.05) is 37.6 Å². The lowest BCUT2D eigenvalue weighted by atomic mass is 9.96. The van der Waals surface area contributed by atoms with Crippen LogP contribution in [-0.2, 0) is 4.79 Å². The van der Waals surface area contributed by atoms with Crippen LogP contribution in [0.25, 0.3) is 0 Å². The van der Waals surface area contributed by atoms with Crippen LogP contribution < -0.4 is 10.2 Å². The van der Waals surface area contributed by atoms with Crippen molar-refractivity contribution in [1.29, 1.82) is 0 Å². The highest BCUT2D eigenvalue weighted by molar-refractivity contribution is 6.30. The minimum Gasteiger partial charge on any atom is -0.387 e. The van der Waals surface area contributed by atoms with E-state index in [1.165, 1.54) is 0 Å². The van der Waals surface area contributed by atoms with Crippen LogP contribution in [0, 0.1) is 0 Å². The zero-order chi connectivity index (χ0) is 22.8. The second-order valence-electron chi connectivity index (χ2n) is 9.14. The normalized spacial score (nSPS) is 21.7. The lowest BCUT2D eigenvalue weighted by molar-refractivity contribution is -0.133. The molecule has 0 radical (unpaired) electrons. The molecule has 1 amide bonds. The number of hydrogen-bond donors (Lipinski definition) is 2. The molecule has 1 aromatic heterocycles. The maximum atomic E-state index is 13.4. The fraction of sp³-hybridized carbons (Fsp3) is 0.542. The van der Waals surface area contributed by atoms with Gasteiger partial charge in [-0.15, -0.1) is 0 Å². The van der Waals surface area contributed by atoms with Gasteiger partial charge in [0.1, 0.15) is 0 Å². The number of anilines is 1. The Labute approximate surface area is 194 Å². The van der Waals surface area contributed by atoms with Crippen molar-refractivity contribution in [3.8, 4) is 0 Å². The van der Waals surface area contributed by atoms with E-state index in [1.807, 2.05) is 35.4 Å². The molecule has 2 N–H and O–H groups in total. The zero-order valence-electron chi connectivity index (χ0n) is 19.0. The Balaban J connectivity index is 1.43. The first-order valence-electron chi connectivity index (χ1n) is 11.4. The van der Waals surface area contributed by atoms with Crippen molar-refractivity contribution in [1.82, 2.24) is 20.2 Å². The van der Waals surface area contributed by atoms with Crippen molar-refractivity contribution >= 4 is 23.5 Å². The number of fused-ring (bicyclic) bond motifs is 1. The molecule has 32 heavy (non-hydrogen) atoms. The van der Waals surface area contributed by atoms with Crippen LogP contribution in [0.4, 0.5) is 5.95 Å². The third-order valence-electron chi connectivity index (χ3n) is 6.43. The van der Waals surface area contributed by atoms with Gasteiger partial charge < -0.3 is 20.2 Å². The number of nitrogens with one attached hydrogen (secondary N) is 1. The molecule has 7 nitrogen and oxygen atoms in total. The number of aromatic nitrogens is 2. The average Bonchev–Trinajstić information content (AvgIpc) is 3.07. The summed E-state index contributed by atoms with van der Waals surface area (Å²) < 4.78 is 0. The zero-order valence-corrected chi connectivity index (χ0v) is 19.7. The molecule has 4 rings (SSSR count). The molecule has 172 valence electrons. The largest absolute Gasteiger partial charge is 0.387 e. The lowest BCUT2D eigenvalue weighted by Gasteiger charge is -2.37. The number of rotatable bonds is 6. The van der Waals surface area contributed by atoms with Gasteiger partial charge >= 0.3 is 0 Å². The minimum absolute atomic E-state index is 0.124. The number of carbonyl (C=O) groups excluding carboxylic acids is 1. The number of hydrogen-bond acceptors (Lipinski definition) is 6. The molecule has 2 aromatic rings. The summed E-state index contributed by atoms with van der Waals surface area (Å²) in [6, 6.07) is 7.85. The summed E-state index contributed by atoms with van der Waals surface area (Å²) in [5.41, 5.74) is 2.77. The summed E-state index contributed by atoms with van der Waals surface area (Å²) in [6.07, 6.45) is 2.04. The standard InChI is InChI=1S/C24H32ClN5O2/c1-15(2)26-14-20(17-4-6-18(25)7-5-17)23(32)29-8-10-30(11-9-29)24-27-13-19-16(3)12-21(31)22(19)28-24/h4-7,13,15-16,20-21,26,31H,8-12,14H2,1-3H3/t16-,20-,21-/m1/s1. The molecule has 0 saturated carbocycles. The predicted octanol–water partition coefficient (Wildman–Crippen LogP) is 3.10. The highest BCUT2D eigenvalue weighted by Gasteiger charge is 2.32. The Morgan fingerprint density at radius 3 is 2.56 bits per heavy atom. The number of carbonyl (C=O) groups is 1. The Bertz CT molecular complexity index is 944. The highest BCUT2D eigenvalue weighted by atomic mass is 35.5. The van der Waals surface area contributed by atoms with Crippen molar-refractivity contribution in [3.63, 3.8) is 0 Å². The molecule has 1 aliphatic carbocycles. The van der Waals surface area contributed by atoms with E-state index in [9.17, 15) is 9.90 Å². The summed E-state index contributed by atoms with van der Waals surface area (Å²) in [7, 11) is 0. The van der Waals surface area contributed by atoms with Crippen LogP contribution in [0.3, 0.4) is 0 Å². The number of aliphatic hydroxyl groups excluding tert-OH is 1. The average molecular weight is 458 g/mol. The molecule has 1 fully saturated rings. The second-order valence-corrected chi connectivity index (χ2v) is 9.58. The van der Waals surface area contributed by atoms with E-state index < -0.39 is 6.10 Å². The fourth-order valence-corrected chi connectivity index (χ4v) is 4.64. The van der Waals surface area contributed by atoms with Gasteiger partial charge in [-0.1, -0.05) is 44.5 Å². The molecule has 1 saturated heterocycles. The smallest absolute Gasteiger partial charge is 0.231 e. The van der Waals surface area contributed by atoms with E-state index in [0.29, 0.717) is 56.2 Å².